The quantitative estimate of drug-likeness (QED) is 0.544. The maximum absolute atomic E-state index is 13.2. The van der Waals surface area contributed by atoms with Gasteiger partial charge in [-0.2, -0.15) is 0 Å². The largest absolute Gasteiger partial charge is 0.468 e. The molecule has 1 aromatic carbocycles. The van der Waals surface area contributed by atoms with E-state index >= 15 is 0 Å². The Labute approximate surface area is 179 Å². The molecule has 1 fully saturated rings. The summed E-state index contributed by atoms with van der Waals surface area (Å²) < 4.78 is 6.94. The number of likely N-dealkylation sites (N-methyl/N-ethyl adjacent to an activating group) is 1. The summed E-state index contributed by atoms with van der Waals surface area (Å²) in [6.07, 6.45) is 4.44. The van der Waals surface area contributed by atoms with E-state index in [-0.39, 0.29) is 17.9 Å². The van der Waals surface area contributed by atoms with E-state index in [1.807, 2.05) is 41.2 Å². The van der Waals surface area contributed by atoms with Crippen LogP contribution in [-0.2, 0) is 22.5 Å². The van der Waals surface area contributed by atoms with Crippen LogP contribution in [0.4, 0.5) is 0 Å². The highest BCUT2D eigenvalue weighted by Crippen LogP contribution is 2.25. The Morgan fingerprint density at radius 2 is 2.10 bits per heavy atom. The molecule has 1 amide bonds. The maximum atomic E-state index is 13.2. The van der Waals surface area contributed by atoms with E-state index in [0.717, 1.165) is 36.5 Å². The lowest BCUT2D eigenvalue weighted by Gasteiger charge is -2.23. The van der Waals surface area contributed by atoms with Crippen molar-refractivity contribution in [2.45, 2.75) is 31.8 Å². The Morgan fingerprint density at radius 1 is 1.30 bits per heavy atom. The fourth-order valence-electron chi connectivity index (χ4n) is 3.99. The molecule has 8 heteroatoms. The van der Waals surface area contributed by atoms with Crippen molar-refractivity contribution in [3.63, 3.8) is 0 Å². The Bertz CT molecular complexity index is 1030. The number of esters is 1. The minimum atomic E-state index is -0.266. The molecule has 30 heavy (non-hydrogen) atoms. The van der Waals surface area contributed by atoms with E-state index in [0.29, 0.717) is 18.8 Å². The number of imidazole rings is 1. The lowest BCUT2D eigenvalue weighted by Crippen LogP contribution is -2.37. The number of nitrogens with zero attached hydrogens (tertiary/aromatic N) is 4. The lowest BCUT2D eigenvalue weighted by atomic mass is 10.1. The van der Waals surface area contributed by atoms with Crippen molar-refractivity contribution in [1.29, 1.82) is 0 Å². The van der Waals surface area contributed by atoms with E-state index in [2.05, 4.69) is 22.0 Å². The third-order valence-electron chi connectivity index (χ3n) is 5.68. The number of hydrogen-bond donors (Lipinski definition) is 0. The van der Waals surface area contributed by atoms with Crippen molar-refractivity contribution in [1.82, 2.24) is 19.2 Å². The first kappa shape index (κ1) is 20.6. The van der Waals surface area contributed by atoms with Crippen LogP contribution >= 0.6 is 11.3 Å². The molecule has 158 valence electrons. The highest BCUT2D eigenvalue weighted by molar-refractivity contribution is 7.15. The minimum absolute atomic E-state index is 0.0920. The number of methoxy groups -OCH3 is 1. The van der Waals surface area contributed by atoms with E-state index < -0.39 is 0 Å². The van der Waals surface area contributed by atoms with Crippen LogP contribution in [0.25, 0.3) is 4.96 Å². The van der Waals surface area contributed by atoms with Gasteiger partial charge < -0.3 is 9.64 Å². The van der Waals surface area contributed by atoms with Gasteiger partial charge in [0, 0.05) is 31.7 Å². The van der Waals surface area contributed by atoms with Crippen molar-refractivity contribution in [2.75, 3.05) is 27.2 Å². The fraction of sp³-hybridized carbons (Fsp3) is 0.409. The Kier molecular flexibility index (Phi) is 6.15. The van der Waals surface area contributed by atoms with Gasteiger partial charge in [0.1, 0.15) is 6.04 Å². The number of amides is 1. The second kappa shape index (κ2) is 8.97. The Morgan fingerprint density at radius 3 is 2.87 bits per heavy atom. The van der Waals surface area contributed by atoms with Crippen LogP contribution in [0.5, 0.6) is 0 Å². The van der Waals surface area contributed by atoms with Gasteiger partial charge in [0.2, 0.25) is 0 Å². The summed E-state index contributed by atoms with van der Waals surface area (Å²) in [5.74, 6) is -0.308. The van der Waals surface area contributed by atoms with Gasteiger partial charge in [0.25, 0.3) is 5.91 Å². The summed E-state index contributed by atoms with van der Waals surface area (Å²) in [6, 6.07) is 9.87. The highest BCUT2D eigenvalue weighted by atomic mass is 32.1. The first-order valence-corrected chi connectivity index (χ1v) is 11.0. The minimum Gasteiger partial charge on any atom is -0.468 e. The van der Waals surface area contributed by atoms with E-state index in [9.17, 15) is 9.59 Å². The molecule has 0 N–H and O–H groups in total. The Balaban J connectivity index is 1.54. The third kappa shape index (κ3) is 4.11. The topological polar surface area (TPSA) is 67.2 Å². The molecule has 1 atom stereocenters. The molecule has 0 aliphatic carbocycles. The molecule has 1 aliphatic rings. The number of ether oxygens (including phenoxy) is 1. The van der Waals surface area contributed by atoms with E-state index in [4.69, 9.17) is 4.74 Å². The van der Waals surface area contributed by atoms with Gasteiger partial charge in [-0.25, -0.2) is 4.98 Å². The average molecular weight is 427 g/mol. The van der Waals surface area contributed by atoms with E-state index in [1.54, 1.807) is 4.90 Å². The predicted octanol–water partition coefficient (Wildman–Crippen LogP) is 2.85. The van der Waals surface area contributed by atoms with Crippen molar-refractivity contribution in [3.8, 4) is 0 Å². The SMILES string of the molecule is COC(=O)[C@@H]1CCCN1Cc1c(C(=O)N(C)CCc2ccccc2)nc2sccn12. The summed E-state index contributed by atoms with van der Waals surface area (Å²) >= 11 is 1.50. The van der Waals surface area contributed by atoms with Crippen LogP contribution in [0, 0.1) is 0 Å². The number of thiazole rings is 1. The van der Waals surface area contributed by atoms with Gasteiger partial charge in [0.05, 0.1) is 12.8 Å². The summed E-state index contributed by atoms with van der Waals surface area (Å²) in [5, 5.41) is 1.96. The van der Waals surface area contributed by atoms with E-state index in [1.165, 1.54) is 24.0 Å². The number of aromatic nitrogens is 2. The average Bonchev–Trinajstić information content (AvgIpc) is 3.49. The molecule has 0 bridgehead atoms. The predicted molar refractivity (Wildman–Crippen MR) is 116 cm³/mol. The smallest absolute Gasteiger partial charge is 0.323 e. The van der Waals surface area contributed by atoms with Crippen LogP contribution in [-0.4, -0.2) is 64.3 Å². The monoisotopic (exact) mass is 426 g/mol. The maximum Gasteiger partial charge on any atom is 0.323 e. The zero-order valence-electron chi connectivity index (χ0n) is 17.3. The molecule has 3 aromatic rings. The Hall–Kier alpha value is -2.71. The van der Waals surface area contributed by atoms with Crippen LogP contribution in [0.15, 0.2) is 41.9 Å². The van der Waals surface area contributed by atoms with Crippen molar-refractivity contribution in [2.24, 2.45) is 0 Å². The summed E-state index contributed by atoms with van der Waals surface area (Å²) in [7, 11) is 3.24. The number of hydrogen-bond acceptors (Lipinski definition) is 6. The first-order chi connectivity index (χ1) is 14.6. The van der Waals surface area contributed by atoms with Crippen molar-refractivity contribution in [3.05, 3.63) is 58.9 Å². The van der Waals surface area contributed by atoms with Gasteiger partial charge in [0.15, 0.2) is 10.7 Å². The normalized spacial score (nSPS) is 16.8. The summed E-state index contributed by atoms with van der Waals surface area (Å²) in [4.78, 5) is 34.6. The van der Waals surface area contributed by atoms with Crippen LogP contribution in [0.2, 0.25) is 0 Å². The molecule has 3 heterocycles. The van der Waals surface area contributed by atoms with Gasteiger partial charge >= 0.3 is 5.97 Å². The lowest BCUT2D eigenvalue weighted by molar-refractivity contribution is -0.146. The molecule has 1 saturated heterocycles. The number of benzene rings is 1. The molecular formula is C22H26N4O3S. The van der Waals surface area contributed by atoms with Crippen LogP contribution < -0.4 is 0 Å². The zero-order valence-corrected chi connectivity index (χ0v) is 18.1. The zero-order chi connectivity index (χ0) is 21.1. The fourth-order valence-corrected chi connectivity index (χ4v) is 4.72. The third-order valence-corrected chi connectivity index (χ3v) is 6.44. The number of carbonyl (C=O) groups is 2. The molecule has 4 rings (SSSR count). The van der Waals surface area contributed by atoms with Crippen LogP contribution in [0.1, 0.15) is 34.6 Å². The van der Waals surface area contributed by atoms with Gasteiger partial charge in [-0.3, -0.25) is 18.9 Å². The van der Waals surface area contributed by atoms with Crippen LogP contribution in [0.3, 0.4) is 0 Å². The molecule has 0 radical (unpaired) electrons. The van der Waals surface area contributed by atoms with Gasteiger partial charge in [-0.05, 0) is 31.4 Å². The molecule has 0 spiro atoms. The number of fused-ring (bicyclic) bond motifs is 1. The molecule has 0 unspecified atom stereocenters. The molecular weight excluding hydrogens is 400 g/mol. The number of rotatable bonds is 7. The molecule has 7 nitrogen and oxygen atoms in total. The van der Waals surface area contributed by atoms with Crippen molar-refractivity contribution >= 4 is 28.2 Å². The number of carbonyl (C=O) groups excluding carboxylic acids is 2. The second-order valence-corrected chi connectivity index (χ2v) is 8.45. The summed E-state index contributed by atoms with van der Waals surface area (Å²) in [6.45, 7) is 1.90. The number of likely N-dealkylation sites (tertiary alicyclic amines) is 1. The second-order valence-electron chi connectivity index (χ2n) is 7.58. The summed E-state index contributed by atoms with van der Waals surface area (Å²) in [5.41, 5.74) is 2.49. The van der Waals surface area contributed by atoms with Gasteiger partial charge in [-0.1, -0.05) is 30.3 Å². The molecule has 2 aromatic heterocycles. The molecule has 0 saturated carbocycles. The standard InChI is InChI=1S/C22H26N4O3S/c1-24(12-10-16-7-4-3-5-8-16)20(27)19-18(26-13-14-30-22(26)23-19)15-25-11-6-9-17(25)21(28)29-2/h3-5,7-8,13-14,17H,6,9-12,15H2,1-2H3/t17-/m0/s1. The first-order valence-electron chi connectivity index (χ1n) is 10.1. The van der Waals surface area contributed by atoms with Gasteiger partial charge in [-0.15, -0.1) is 11.3 Å². The highest BCUT2D eigenvalue weighted by Gasteiger charge is 2.33. The van der Waals surface area contributed by atoms with Crippen molar-refractivity contribution < 1.29 is 14.3 Å². The molecule has 1 aliphatic heterocycles.